The van der Waals surface area contributed by atoms with E-state index in [2.05, 4.69) is 16.9 Å². The molecule has 0 atom stereocenters. The molecule has 0 spiro atoms. The van der Waals surface area contributed by atoms with Gasteiger partial charge in [-0.1, -0.05) is 31.9 Å². The summed E-state index contributed by atoms with van der Waals surface area (Å²) in [7, 11) is 3.41. The van der Waals surface area contributed by atoms with E-state index in [0.29, 0.717) is 29.3 Å². The van der Waals surface area contributed by atoms with Crippen molar-refractivity contribution >= 4 is 11.9 Å². The number of anilines is 1. The molecule has 0 saturated heterocycles. The number of unbranched alkanes of at least 4 members (excludes halogenated alkanes) is 2. The Morgan fingerprint density at radius 3 is 2.60 bits per heavy atom. The number of para-hydroxylation sites is 1. The zero-order chi connectivity index (χ0) is 18.4. The zero-order valence-electron chi connectivity index (χ0n) is 15.4. The van der Waals surface area contributed by atoms with Crippen LogP contribution in [0.5, 0.6) is 5.75 Å². The average Bonchev–Trinajstić information content (AvgIpc) is 2.58. The third-order valence-electron chi connectivity index (χ3n) is 3.87. The number of nitrogens with two attached hydrogens (primary N) is 1. The van der Waals surface area contributed by atoms with E-state index in [4.69, 9.17) is 10.5 Å². The Labute approximate surface area is 149 Å². The van der Waals surface area contributed by atoms with E-state index in [-0.39, 0.29) is 11.9 Å². The van der Waals surface area contributed by atoms with Crippen molar-refractivity contribution in [1.29, 1.82) is 0 Å². The molecule has 0 bridgehead atoms. The van der Waals surface area contributed by atoms with Crippen molar-refractivity contribution in [1.82, 2.24) is 14.9 Å². The number of nitrogens with zero attached hydrogens (tertiary/aromatic N) is 3. The molecule has 6 nitrogen and oxygen atoms in total. The summed E-state index contributed by atoms with van der Waals surface area (Å²) in [6.45, 7) is 4.55. The maximum Gasteiger partial charge on any atom is 0.257 e. The molecule has 0 aliphatic heterocycles. The SMILES string of the molecule is CCCCCOc1ccccc1-c1nc(N)nc(C)c1C(=O)N(C)C. The van der Waals surface area contributed by atoms with Crippen molar-refractivity contribution in [2.24, 2.45) is 0 Å². The number of nitrogen functional groups attached to an aromatic ring is 1. The summed E-state index contributed by atoms with van der Waals surface area (Å²) in [5.41, 5.74) is 8.11. The highest BCUT2D eigenvalue weighted by atomic mass is 16.5. The van der Waals surface area contributed by atoms with E-state index >= 15 is 0 Å². The molecule has 0 aliphatic carbocycles. The number of carbonyl (C=O) groups is 1. The molecule has 1 amide bonds. The van der Waals surface area contributed by atoms with E-state index < -0.39 is 0 Å². The van der Waals surface area contributed by atoms with Crippen LogP contribution in [0.2, 0.25) is 0 Å². The van der Waals surface area contributed by atoms with Crippen LogP contribution in [0.1, 0.15) is 42.2 Å². The molecule has 2 rings (SSSR count). The first kappa shape index (κ1) is 18.7. The topological polar surface area (TPSA) is 81.3 Å². The Kier molecular flexibility index (Phi) is 6.33. The number of hydrogen-bond donors (Lipinski definition) is 1. The fourth-order valence-electron chi connectivity index (χ4n) is 2.59. The minimum Gasteiger partial charge on any atom is -0.493 e. The number of aromatic nitrogens is 2. The van der Waals surface area contributed by atoms with Gasteiger partial charge in [0.1, 0.15) is 5.75 Å². The standard InChI is InChI=1S/C19H26N4O2/c1-5-6-9-12-25-15-11-8-7-10-14(15)17-16(18(24)23(3)4)13(2)21-19(20)22-17/h7-8,10-11H,5-6,9,12H2,1-4H3,(H2,20,21,22). The van der Waals surface area contributed by atoms with E-state index in [1.165, 1.54) is 4.90 Å². The number of hydrogen-bond acceptors (Lipinski definition) is 5. The quantitative estimate of drug-likeness (QED) is 0.781. The predicted octanol–water partition coefficient (Wildman–Crippen LogP) is 3.31. The largest absolute Gasteiger partial charge is 0.493 e. The van der Waals surface area contributed by atoms with Crippen molar-refractivity contribution in [2.75, 3.05) is 26.4 Å². The lowest BCUT2D eigenvalue weighted by molar-refractivity contribution is 0.0827. The van der Waals surface area contributed by atoms with Crippen molar-refractivity contribution in [3.63, 3.8) is 0 Å². The summed E-state index contributed by atoms with van der Waals surface area (Å²) in [5, 5.41) is 0. The van der Waals surface area contributed by atoms with Crippen LogP contribution in [0, 0.1) is 6.92 Å². The van der Waals surface area contributed by atoms with Crippen LogP contribution in [0.15, 0.2) is 24.3 Å². The van der Waals surface area contributed by atoms with Gasteiger partial charge in [0.05, 0.1) is 23.6 Å². The smallest absolute Gasteiger partial charge is 0.257 e. The third kappa shape index (κ3) is 4.47. The molecule has 0 radical (unpaired) electrons. The minimum atomic E-state index is -0.159. The molecule has 1 aromatic heterocycles. The maximum atomic E-state index is 12.6. The fraction of sp³-hybridized carbons (Fsp3) is 0.421. The van der Waals surface area contributed by atoms with Crippen molar-refractivity contribution in [2.45, 2.75) is 33.1 Å². The molecule has 0 aliphatic rings. The van der Waals surface area contributed by atoms with Gasteiger partial charge >= 0.3 is 0 Å². The summed E-state index contributed by atoms with van der Waals surface area (Å²) < 4.78 is 5.94. The van der Waals surface area contributed by atoms with Gasteiger partial charge in [-0.15, -0.1) is 0 Å². The maximum absolute atomic E-state index is 12.6. The molecule has 2 aromatic rings. The second kappa shape index (κ2) is 8.46. The molecule has 25 heavy (non-hydrogen) atoms. The number of ether oxygens (including phenoxy) is 1. The van der Waals surface area contributed by atoms with Gasteiger partial charge in [0, 0.05) is 19.7 Å². The van der Waals surface area contributed by atoms with Gasteiger partial charge in [-0.3, -0.25) is 4.79 Å². The second-order valence-electron chi connectivity index (χ2n) is 6.14. The van der Waals surface area contributed by atoms with Gasteiger partial charge in [0.25, 0.3) is 5.91 Å². The van der Waals surface area contributed by atoms with Crippen LogP contribution < -0.4 is 10.5 Å². The molecule has 0 unspecified atom stereocenters. The van der Waals surface area contributed by atoms with E-state index in [0.717, 1.165) is 24.8 Å². The highest BCUT2D eigenvalue weighted by Gasteiger charge is 2.22. The number of benzene rings is 1. The van der Waals surface area contributed by atoms with Crippen LogP contribution in [0.4, 0.5) is 5.95 Å². The van der Waals surface area contributed by atoms with Crippen molar-refractivity contribution < 1.29 is 9.53 Å². The number of rotatable bonds is 7. The zero-order valence-corrected chi connectivity index (χ0v) is 15.4. The van der Waals surface area contributed by atoms with Gasteiger partial charge in [0.15, 0.2) is 0 Å². The molecule has 1 aromatic carbocycles. The van der Waals surface area contributed by atoms with Gasteiger partial charge in [-0.25, -0.2) is 9.97 Å². The average molecular weight is 342 g/mol. The third-order valence-corrected chi connectivity index (χ3v) is 3.87. The molecule has 0 fully saturated rings. The highest BCUT2D eigenvalue weighted by Crippen LogP contribution is 2.33. The molecule has 1 heterocycles. The summed E-state index contributed by atoms with van der Waals surface area (Å²) in [6.07, 6.45) is 3.24. The van der Waals surface area contributed by atoms with Crippen LogP contribution in [0.25, 0.3) is 11.3 Å². The Balaban J connectivity index is 2.49. The molecule has 0 saturated carbocycles. The Bertz CT molecular complexity index is 744. The number of aryl methyl sites for hydroxylation is 1. The normalized spacial score (nSPS) is 10.6. The summed E-state index contributed by atoms with van der Waals surface area (Å²) in [6, 6.07) is 7.58. The molecule has 134 valence electrons. The number of carbonyl (C=O) groups excluding carboxylic acids is 1. The fourth-order valence-corrected chi connectivity index (χ4v) is 2.59. The van der Waals surface area contributed by atoms with Gasteiger partial charge in [0.2, 0.25) is 5.95 Å². The minimum absolute atomic E-state index is 0.142. The highest BCUT2D eigenvalue weighted by molar-refractivity contribution is 6.01. The Hall–Kier alpha value is -2.63. The Morgan fingerprint density at radius 1 is 1.20 bits per heavy atom. The van der Waals surface area contributed by atoms with Crippen molar-refractivity contribution in [3.05, 3.63) is 35.5 Å². The molecule has 6 heteroatoms. The summed E-state index contributed by atoms with van der Waals surface area (Å²) >= 11 is 0. The Morgan fingerprint density at radius 2 is 1.92 bits per heavy atom. The second-order valence-corrected chi connectivity index (χ2v) is 6.14. The lowest BCUT2D eigenvalue weighted by atomic mass is 10.0. The van der Waals surface area contributed by atoms with Gasteiger partial charge in [-0.2, -0.15) is 0 Å². The first-order chi connectivity index (χ1) is 12.0. The molecular formula is C19H26N4O2. The summed E-state index contributed by atoms with van der Waals surface area (Å²) in [4.78, 5) is 22.7. The lowest BCUT2D eigenvalue weighted by Gasteiger charge is -2.17. The molecule has 2 N–H and O–H groups in total. The van der Waals surface area contributed by atoms with Gasteiger partial charge < -0.3 is 15.4 Å². The van der Waals surface area contributed by atoms with E-state index in [1.807, 2.05) is 24.3 Å². The van der Waals surface area contributed by atoms with Crippen molar-refractivity contribution in [3.8, 4) is 17.0 Å². The van der Waals surface area contributed by atoms with Gasteiger partial charge in [-0.05, 0) is 25.5 Å². The van der Waals surface area contributed by atoms with E-state index in [9.17, 15) is 4.79 Å². The monoisotopic (exact) mass is 342 g/mol. The predicted molar refractivity (Wildman–Crippen MR) is 99.7 cm³/mol. The summed E-state index contributed by atoms with van der Waals surface area (Å²) in [5.74, 6) is 0.681. The van der Waals surface area contributed by atoms with Crippen LogP contribution in [-0.4, -0.2) is 41.5 Å². The van der Waals surface area contributed by atoms with Crippen LogP contribution >= 0.6 is 0 Å². The number of amides is 1. The lowest BCUT2D eigenvalue weighted by Crippen LogP contribution is -2.24. The first-order valence-electron chi connectivity index (χ1n) is 8.53. The molecular weight excluding hydrogens is 316 g/mol. The first-order valence-corrected chi connectivity index (χ1v) is 8.53. The van der Waals surface area contributed by atoms with Crippen LogP contribution in [-0.2, 0) is 0 Å². The van der Waals surface area contributed by atoms with E-state index in [1.54, 1.807) is 21.0 Å². The van der Waals surface area contributed by atoms with Crippen LogP contribution in [0.3, 0.4) is 0 Å².